The van der Waals surface area contributed by atoms with Crippen LogP contribution in [0.2, 0.25) is 0 Å². The van der Waals surface area contributed by atoms with Crippen LogP contribution in [-0.4, -0.2) is 6.61 Å². The normalized spacial score (nSPS) is 25.1. The molecule has 0 aromatic heterocycles. The quantitative estimate of drug-likeness (QED) is 0.645. The van der Waals surface area contributed by atoms with E-state index in [2.05, 4.69) is 6.08 Å². The van der Waals surface area contributed by atoms with Gasteiger partial charge < -0.3 is 10.5 Å². The summed E-state index contributed by atoms with van der Waals surface area (Å²) in [5.74, 6) is 0.833. The molecule has 0 spiro atoms. The van der Waals surface area contributed by atoms with Crippen molar-refractivity contribution in [3.63, 3.8) is 0 Å². The molecule has 2 nitrogen and oxygen atoms in total. The fraction of sp³-hybridized carbons (Fsp3) is 0.400. The number of allylic oxidation sites excluding steroid dienone is 4. The lowest BCUT2D eigenvalue weighted by atomic mass is 10.1. The van der Waals surface area contributed by atoms with E-state index in [9.17, 15) is 0 Å². The summed E-state index contributed by atoms with van der Waals surface area (Å²) in [6, 6.07) is 0. The van der Waals surface area contributed by atoms with Crippen LogP contribution < -0.4 is 5.73 Å². The summed E-state index contributed by atoms with van der Waals surface area (Å²) in [5, 5.41) is 0. The van der Waals surface area contributed by atoms with Crippen molar-refractivity contribution in [2.75, 3.05) is 6.61 Å². The molecule has 0 aromatic rings. The second kappa shape index (κ2) is 4.65. The molecule has 0 saturated carbocycles. The fourth-order valence-electron chi connectivity index (χ4n) is 1.19. The summed E-state index contributed by atoms with van der Waals surface area (Å²) in [4.78, 5) is 0. The van der Waals surface area contributed by atoms with E-state index in [4.69, 9.17) is 10.5 Å². The summed E-state index contributed by atoms with van der Waals surface area (Å²) in [7, 11) is 0. The van der Waals surface area contributed by atoms with Crippen LogP contribution in [0.4, 0.5) is 0 Å². The SMILES string of the molecule is C/C=C/C=C1/CCCO/C1=C/N. The highest BCUT2D eigenvalue weighted by atomic mass is 16.5. The van der Waals surface area contributed by atoms with Crippen LogP contribution in [0.25, 0.3) is 0 Å². The molecule has 0 atom stereocenters. The van der Waals surface area contributed by atoms with Crippen molar-refractivity contribution in [1.29, 1.82) is 0 Å². The largest absolute Gasteiger partial charge is 0.492 e. The van der Waals surface area contributed by atoms with Gasteiger partial charge in [0.15, 0.2) is 0 Å². The minimum Gasteiger partial charge on any atom is -0.492 e. The van der Waals surface area contributed by atoms with Crippen LogP contribution in [-0.2, 0) is 4.74 Å². The number of ether oxygens (including phenoxy) is 1. The average Bonchev–Trinajstić information content (AvgIpc) is 2.15. The van der Waals surface area contributed by atoms with Gasteiger partial charge in [-0.2, -0.15) is 0 Å². The Morgan fingerprint density at radius 1 is 1.50 bits per heavy atom. The first-order chi connectivity index (χ1) is 5.88. The van der Waals surface area contributed by atoms with Gasteiger partial charge in [0.25, 0.3) is 0 Å². The lowest BCUT2D eigenvalue weighted by Gasteiger charge is -2.18. The number of hydrogen-bond donors (Lipinski definition) is 1. The van der Waals surface area contributed by atoms with Crippen LogP contribution in [0, 0.1) is 0 Å². The van der Waals surface area contributed by atoms with Gasteiger partial charge in [0.05, 0.1) is 6.61 Å². The number of nitrogens with two attached hydrogens (primary N) is 1. The van der Waals surface area contributed by atoms with Gasteiger partial charge >= 0.3 is 0 Å². The predicted octanol–water partition coefficient (Wildman–Crippen LogP) is 2.10. The first-order valence-electron chi connectivity index (χ1n) is 4.25. The summed E-state index contributed by atoms with van der Waals surface area (Å²) >= 11 is 0. The van der Waals surface area contributed by atoms with E-state index < -0.39 is 0 Å². The third-order valence-electron chi connectivity index (χ3n) is 1.81. The van der Waals surface area contributed by atoms with E-state index >= 15 is 0 Å². The van der Waals surface area contributed by atoms with Crippen molar-refractivity contribution < 1.29 is 4.74 Å². The maximum atomic E-state index is 5.41. The summed E-state index contributed by atoms with van der Waals surface area (Å²) in [6.07, 6.45) is 9.74. The number of rotatable bonds is 1. The molecule has 0 aliphatic carbocycles. The molecule has 1 aliphatic rings. The molecule has 0 amide bonds. The van der Waals surface area contributed by atoms with Crippen LogP contribution in [0.15, 0.2) is 35.8 Å². The van der Waals surface area contributed by atoms with E-state index in [0.717, 1.165) is 25.2 Å². The second-order valence-electron chi connectivity index (χ2n) is 2.70. The molecule has 1 saturated heterocycles. The van der Waals surface area contributed by atoms with E-state index in [1.165, 1.54) is 11.8 Å². The van der Waals surface area contributed by atoms with Gasteiger partial charge in [0.1, 0.15) is 5.76 Å². The lowest BCUT2D eigenvalue weighted by molar-refractivity contribution is 0.193. The van der Waals surface area contributed by atoms with Crippen molar-refractivity contribution in [2.45, 2.75) is 19.8 Å². The van der Waals surface area contributed by atoms with Crippen LogP contribution >= 0.6 is 0 Å². The van der Waals surface area contributed by atoms with E-state index in [1.54, 1.807) is 0 Å². The molecule has 2 heteroatoms. The zero-order valence-electron chi connectivity index (χ0n) is 7.42. The van der Waals surface area contributed by atoms with Crippen molar-refractivity contribution in [3.8, 4) is 0 Å². The highest BCUT2D eigenvalue weighted by molar-refractivity contribution is 5.30. The smallest absolute Gasteiger partial charge is 0.137 e. The Kier molecular flexibility index (Phi) is 3.45. The van der Waals surface area contributed by atoms with E-state index in [0.29, 0.717) is 0 Å². The monoisotopic (exact) mass is 165 g/mol. The van der Waals surface area contributed by atoms with E-state index in [-0.39, 0.29) is 0 Å². The van der Waals surface area contributed by atoms with Crippen molar-refractivity contribution >= 4 is 0 Å². The van der Waals surface area contributed by atoms with Gasteiger partial charge in [-0.1, -0.05) is 18.2 Å². The summed E-state index contributed by atoms with van der Waals surface area (Å²) in [5.41, 5.74) is 6.61. The van der Waals surface area contributed by atoms with Crippen LogP contribution in [0.5, 0.6) is 0 Å². The topological polar surface area (TPSA) is 35.2 Å². The maximum absolute atomic E-state index is 5.41. The molecule has 1 heterocycles. The molecule has 12 heavy (non-hydrogen) atoms. The van der Waals surface area contributed by atoms with Crippen molar-refractivity contribution in [2.24, 2.45) is 5.73 Å². The third-order valence-corrected chi connectivity index (χ3v) is 1.81. The Morgan fingerprint density at radius 3 is 3.00 bits per heavy atom. The molecular formula is C10H15NO. The molecule has 1 fully saturated rings. The van der Waals surface area contributed by atoms with Gasteiger partial charge in [-0.25, -0.2) is 0 Å². The van der Waals surface area contributed by atoms with E-state index in [1.807, 2.05) is 19.1 Å². The van der Waals surface area contributed by atoms with Crippen LogP contribution in [0.3, 0.4) is 0 Å². The van der Waals surface area contributed by atoms with Gasteiger partial charge in [-0.05, 0) is 25.3 Å². The van der Waals surface area contributed by atoms with Gasteiger partial charge in [-0.15, -0.1) is 0 Å². The maximum Gasteiger partial charge on any atom is 0.137 e. The average molecular weight is 165 g/mol. The standard InChI is InChI=1S/C10H15NO/c1-2-3-5-9-6-4-7-12-10(9)8-11/h2-3,5,8H,4,6-7,11H2,1H3/b3-2+,9-5-,10-8+. The molecule has 66 valence electrons. The zero-order valence-corrected chi connectivity index (χ0v) is 7.42. The van der Waals surface area contributed by atoms with Crippen LogP contribution in [0.1, 0.15) is 19.8 Å². The highest BCUT2D eigenvalue weighted by Gasteiger charge is 2.10. The predicted molar refractivity (Wildman–Crippen MR) is 50.4 cm³/mol. The molecule has 1 rings (SSSR count). The Morgan fingerprint density at radius 2 is 2.33 bits per heavy atom. The number of hydrogen-bond acceptors (Lipinski definition) is 2. The van der Waals surface area contributed by atoms with Crippen molar-refractivity contribution in [3.05, 3.63) is 35.8 Å². The molecular weight excluding hydrogens is 150 g/mol. The summed E-state index contributed by atoms with van der Waals surface area (Å²) < 4.78 is 5.37. The second-order valence-corrected chi connectivity index (χ2v) is 2.70. The first-order valence-corrected chi connectivity index (χ1v) is 4.25. The molecule has 0 radical (unpaired) electrons. The third kappa shape index (κ3) is 2.16. The molecule has 0 bridgehead atoms. The molecule has 0 unspecified atom stereocenters. The van der Waals surface area contributed by atoms with Crippen molar-refractivity contribution in [1.82, 2.24) is 0 Å². The Labute approximate surface area is 73.4 Å². The highest BCUT2D eigenvalue weighted by Crippen LogP contribution is 2.22. The molecule has 2 N–H and O–H groups in total. The fourth-order valence-corrected chi connectivity index (χ4v) is 1.19. The molecule has 1 aliphatic heterocycles. The minimum atomic E-state index is 0.788. The van der Waals surface area contributed by atoms with Gasteiger partial charge in [0, 0.05) is 6.20 Å². The minimum absolute atomic E-state index is 0.788. The lowest BCUT2D eigenvalue weighted by Crippen LogP contribution is -2.07. The zero-order chi connectivity index (χ0) is 8.81. The summed E-state index contributed by atoms with van der Waals surface area (Å²) in [6.45, 7) is 2.78. The Hall–Kier alpha value is -1.18. The first kappa shape index (κ1) is 8.91. The molecule has 0 aromatic carbocycles. The van der Waals surface area contributed by atoms with Gasteiger partial charge in [-0.3, -0.25) is 0 Å². The Balaban J connectivity index is 2.71. The Bertz CT molecular complexity index is 226. The van der Waals surface area contributed by atoms with Gasteiger partial charge in [0.2, 0.25) is 0 Å².